The van der Waals surface area contributed by atoms with Gasteiger partial charge in [-0.05, 0) is 41.5 Å². The number of benzene rings is 2. The van der Waals surface area contributed by atoms with E-state index in [1.807, 2.05) is 6.07 Å². The molecule has 0 amide bonds. The number of rotatable bonds is 2. The van der Waals surface area contributed by atoms with Crippen LogP contribution in [0.4, 0.5) is 0 Å². The molecule has 2 aromatic rings. The maximum Gasteiger partial charge on any atom is 0.231 e. The molecule has 4 rings (SSSR count). The summed E-state index contributed by atoms with van der Waals surface area (Å²) in [7, 11) is 0. The van der Waals surface area contributed by atoms with Gasteiger partial charge >= 0.3 is 0 Å². The summed E-state index contributed by atoms with van der Waals surface area (Å²) in [5.41, 5.74) is 2.81. The first-order valence-corrected chi connectivity index (χ1v) is 6.36. The summed E-state index contributed by atoms with van der Waals surface area (Å²) in [5.74, 6) is 3.08. The van der Waals surface area contributed by atoms with E-state index in [2.05, 4.69) is 42.5 Å². The molecule has 2 atom stereocenters. The predicted molar refractivity (Wildman–Crippen MR) is 69.1 cm³/mol. The number of hydrogen-bond donors (Lipinski definition) is 0. The Morgan fingerprint density at radius 3 is 2.44 bits per heavy atom. The van der Waals surface area contributed by atoms with Gasteiger partial charge in [0.1, 0.15) is 0 Å². The van der Waals surface area contributed by atoms with E-state index in [1.54, 1.807) is 0 Å². The lowest BCUT2D eigenvalue weighted by atomic mass is 10.0. The zero-order chi connectivity index (χ0) is 11.9. The van der Waals surface area contributed by atoms with Crippen LogP contribution in [0.1, 0.15) is 29.4 Å². The Morgan fingerprint density at radius 2 is 1.56 bits per heavy atom. The van der Waals surface area contributed by atoms with Gasteiger partial charge in [-0.15, -0.1) is 0 Å². The lowest BCUT2D eigenvalue weighted by Gasteiger charge is -2.03. The van der Waals surface area contributed by atoms with Gasteiger partial charge in [-0.25, -0.2) is 0 Å². The summed E-state index contributed by atoms with van der Waals surface area (Å²) in [5, 5.41) is 0. The zero-order valence-corrected chi connectivity index (χ0v) is 10.0. The van der Waals surface area contributed by atoms with Gasteiger partial charge in [-0.1, -0.05) is 36.4 Å². The topological polar surface area (TPSA) is 18.5 Å². The second kappa shape index (κ2) is 3.77. The van der Waals surface area contributed by atoms with Crippen molar-refractivity contribution in [3.63, 3.8) is 0 Å². The fraction of sp³-hybridized carbons (Fsp3) is 0.250. The van der Waals surface area contributed by atoms with Gasteiger partial charge in [0.2, 0.25) is 6.79 Å². The van der Waals surface area contributed by atoms with Crippen LogP contribution in [0, 0.1) is 0 Å². The fourth-order valence-electron chi connectivity index (χ4n) is 2.78. The standard InChI is InChI=1S/C16H14O2/c1-2-4-11(5-3-1)13-9-14(13)12-6-7-15-16(8-12)18-10-17-15/h1-8,13-14H,9-10H2/t13-,14+/m0/s1. The molecule has 18 heavy (non-hydrogen) atoms. The summed E-state index contributed by atoms with van der Waals surface area (Å²) in [4.78, 5) is 0. The third-order valence-electron chi connectivity index (χ3n) is 3.84. The molecule has 0 bridgehead atoms. The highest BCUT2D eigenvalue weighted by atomic mass is 16.7. The maximum atomic E-state index is 5.44. The molecule has 2 nitrogen and oxygen atoms in total. The summed E-state index contributed by atoms with van der Waals surface area (Å²) in [6, 6.07) is 17.1. The molecular weight excluding hydrogens is 224 g/mol. The first-order valence-electron chi connectivity index (χ1n) is 6.36. The van der Waals surface area contributed by atoms with Crippen LogP contribution in [0.25, 0.3) is 0 Å². The molecule has 0 radical (unpaired) electrons. The number of ether oxygens (including phenoxy) is 2. The van der Waals surface area contributed by atoms with Crippen LogP contribution in [0.3, 0.4) is 0 Å². The van der Waals surface area contributed by atoms with E-state index >= 15 is 0 Å². The molecule has 1 fully saturated rings. The monoisotopic (exact) mass is 238 g/mol. The Morgan fingerprint density at radius 1 is 0.778 bits per heavy atom. The highest BCUT2D eigenvalue weighted by Crippen LogP contribution is 2.55. The number of fused-ring (bicyclic) bond motifs is 1. The van der Waals surface area contributed by atoms with Gasteiger partial charge in [-0.2, -0.15) is 0 Å². The highest BCUT2D eigenvalue weighted by molar-refractivity contribution is 5.48. The molecule has 0 aromatic heterocycles. The van der Waals surface area contributed by atoms with Crippen molar-refractivity contribution < 1.29 is 9.47 Å². The third-order valence-corrected chi connectivity index (χ3v) is 3.84. The molecule has 90 valence electrons. The van der Waals surface area contributed by atoms with Crippen molar-refractivity contribution in [2.45, 2.75) is 18.3 Å². The van der Waals surface area contributed by atoms with Crippen LogP contribution in [0.2, 0.25) is 0 Å². The maximum absolute atomic E-state index is 5.44. The van der Waals surface area contributed by atoms with Crippen LogP contribution < -0.4 is 9.47 Å². The van der Waals surface area contributed by atoms with Crippen LogP contribution in [-0.2, 0) is 0 Å². The Balaban J connectivity index is 1.60. The Kier molecular flexibility index (Phi) is 2.10. The molecule has 0 spiro atoms. The third kappa shape index (κ3) is 1.57. The second-order valence-electron chi connectivity index (χ2n) is 4.97. The van der Waals surface area contributed by atoms with Crippen molar-refractivity contribution in [1.82, 2.24) is 0 Å². The van der Waals surface area contributed by atoms with Crippen molar-refractivity contribution in [3.05, 3.63) is 59.7 Å². The zero-order valence-electron chi connectivity index (χ0n) is 10.0. The van der Waals surface area contributed by atoms with Crippen molar-refractivity contribution >= 4 is 0 Å². The van der Waals surface area contributed by atoms with E-state index < -0.39 is 0 Å². The minimum atomic E-state index is 0.353. The second-order valence-corrected chi connectivity index (χ2v) is 4.97. The van der Waals surface area contributed by atoms with Gasteiger partial charge in [0, 0.05) is 0 Å². The Labute approximate surface area is 106 Å². The van der Waals surface area contributed by atoms with E-state index in [1.165, 1.54) is 17.5 Å². The quantitative estimate of drug-likeness (QED) is 0.794. The number of hydrogen-bond acceptors (Lipinski definition) is 2. The van der Waals surface area contributed by atoms with Crippen molar-refractivity contribution in [1.29, 1.82) is 0 Å². The summed E-state index contributed by atoms with van der Waals surface area (Å²) >= 11 is 0. The van der Waals surface area contributed by atoms with Gasteiger partial charge in [-0.3, -0.25) is 0 Å². The lowest BCUT2D eigenvalue weighted by Crippen LogP contribution is -1.92. The first-order chi connectivity index (χ1) is 8.92. The van der Waals surface area contributed by atoms with Crippen LogP contribution >= 0.6 is 0 Å². The molecule has 1 saturated carbocycles. The van der Waals surface area contributed by atoms with Crippen LogP contribution in [-0.4, -0.2) is 6.79 Å². The van der Waals surface area contributed by atoms with E-state index in [0.717, 1.165) is 11.5 Å². The van der Waals surface area contributed by atoms with Crippen LogP contribution in [0.5, 0.6) is 11.5 Å². The van der Waals surface area contributed by atoms with Crippen molar-refractivity contribution in [2.24, 2.45) is 0 Å². The molecule has 0 unspecified atom stereocenters. The SMILES string of the molecule is c1ccc([C@@H]2C[C@@H]2c2ccc3c(c2)OCO3)cc1. The molecule has 2 aliphatic rings. The Hall–Kier alpha value is -1.96. The smallest absolute Gasteiger partial charge is 0.231 e. The lowest BCUT2D eigenvalue weighted by molar-refractivity contribution is 0.174. The van der Waals surface area contributed by atoms with Crippen molar-refractivity contribution in [3.8, 4) is 11.5 Å². The van der Waals surface area contributed by atoms with Crippen molar-refractivity contribution in [2.75, 3.05) is 6.79 Å². The van der Waals surface area contributed by atoms with E-state index in [9.17, 15) is 0 Å². The average molecular weight is 238 g/mol. The van der Waals surface area contributed by atoms with Gasteiger partial charge in [0.15, 0.2) is 11.5 Å². The molecular formula is C16H14O2. The first kappa shape index (κ1) is 10.0. The minimum Gasteiger partial charge on any atom is -0.454 e. The predicted octanol–water partition coefficient (Wildman–Crippen LogP) is 3.69. The normalized spacial score (nSPS) is 24.0. The van der Waals surface area contributed by atoms with Crippen LogP contribution in [0.15, 0.2) is 48.5 Å². The van der Waals surface area contributed by atoms with E-state index in [0.29, 0.717) is 18.6 Å². The molecule has 2 aromatic carbocycles. The summed E-state index contributed by atoms with van der Waals surface area (Å²) in [6.07, 6.45) is 1.24. The molecule has 1 aliphatic carbocycles. The van der Waals surface area contributed by atoms with E-state index in [-0.39, 0.29) is 0 Å². The van der Waals surface area contributed by atoms with Gasteiger partial charge in [0.25, 0.3) is 0 Å². The molecule has 1 heterocycles. The molecule has 2 heteroatoms. The average Bonchev–Trinajstić information content (AvgIpc) is 3.10. The van der Waals surface area contributed by atoms with Gasteiger partial charge < -0.3 is 9.47 Å². The molecule has 0 saturated heterocycles. The summed E-state index contributed by atoms with van der Waals surface area (Å²) < 4.78 is 10.8. The minimum absolute atomic E-state index is 0.353. The van der Waals surface area contributed by atoms with Gasteiger partial charge in [0.05, 0.1) is 0 Å². The Bertz CT molecular complexity index is 577. The molecule has 0 N–H and O–H groups in total. The largest absolute Gasteiger partial charge is 0.454 e. The highest BCUT2D eigenvalue weighted by Gasteiger charge is 2.39. The summed E-state index contributed by atoms with van der Waals surface area (Å²) in [6.45, 7) is 0.353. The van der Waals surface area contributed by atoms with E-state index in [4.69, 9.17) is 9.47 Å². The fourth-order valence-corrected chi connectivity index (χ4v) is 2.78. The molecule has 1 aliphatic heterocycles.